The Bertz CT molecular complexity index is 302. The van der Waals surface area contributed by atoms with E-state index in [0.29, 0.717) is 0 Å². The number of aromatic nitrogens is 1. The summed E-state index contributed by atoms with van der Waals surface area (Å²) in [6, 6.07) is 2.00. The predicted molar refractivity (Wildman–Crippen MR) is 77.4 cm³/mol. The van der Waals surface area contributed by atoms with Crippen LogP contribution in [0.3, 0.4) is 0 Å². The standard InChI is InChI=1S/C14H24N2S/c1-2-3-4-5-6-7-8-11-17-14-9-10-16-12-13(14)15/h9-10,12H,2-8,11,15H2,1H3. The molecule has 0 fully saturated rings. The van der Waals surface area contributed by atoms with Gasteiger partial charge in [-0.15, -0.1) is 11.8 Å². The monoisotopic (exact) mass is 252 g/mol. The number of nitrogen functional groups attached to an aromatic ring is 1. The maximum absolute atomic E-state index is 5.83. The van der Waals surface area contributed by atoms with Gasteiger partial charge in [0.1, 0.15) is 0 Å². The second-order valence-electron chi connectivity index (χ2n) is 4.38. The van der Waals surface area contributed by atoms with Gasteiger partial charge >= 0.3 is 0 Å². The van der Waals surface area contributed by atoms with Crippen molar-refractivity contribution in [2.24, 2.45) is 0 Å². The van der Waals surface area contributed by atoms with Gasteiger partial charge in [-0.05, 0) is 18.2 Å². The van der Waals surface area contributed by atoms with E-state index < -0.39 is 0 Å². The van der Waals surface area contributed by atoms with Crippen LogP contribution in [-0.4, -0.2) is 10.7 Å². The molecule has 96 valence electrons. The van der Waals surface area contributed by atoms with E-state index in [0.717, 1.165) is 5.69 Å². The lowest BCUT2D eigenvalue weighted by atomic mass is 10.1. The maximum atomic E-state index is 5.83. The average Bonchev–Trinajstić information content (AvgIpc) is 2.35. The van der Waals surface area contributed by atoms with E-state index in [1.54, 1.807) is 6.20 Å². The molecule has 1 rings (SSSR count). The molecule has 0 saturated carbocycles. The van der Waals surface area contributed by atoms with Gasteiger partial charge in [-0.25, -0.2) is 0 Å². The van der Waals surface area contributed by atoms with Gasteiger partial charge in [0.25, 0.3) is 0 Å². The number of pyridine rings is 1. The fourth-order valence-corrected chi connectivity index (χ4v) is 2.71. The van der Waals surface area contributed by atoms with Crippen molar-refractivity contribution in [1.29, 1.82) is 0 Å². The van der Waals surface area contributed by atoms with Gasteiger partial charge in [0.15, 0.2) is 0 Å². The molecule has 0 aliphatic heterocycles. The van der Waals surface area contributed by atoms with Gasteiger partial charge in [-0.1, -0.05) is 45.4 Å². The molecule has 17 heavy (non-hydrogen) atoms. The molecule has 2 nitrogen and oxygen atoms in total. The van der Waals surface area contributed by atoms with Crippen LogP contribution in [0.4, 0.5) is 5.69 Å². The van der Waals surface area contributed by atoms with Crippen LogP contribution in [0.25, 0.3) is 0 Å². The minimum Gasteiger partial charge on any atom is -0.397 e. The summed E-state index contributed by atoms with van der Waals surface area (Å²) in [7, 11) is 0. The number of rotatable bonds is 9. The summed E-state index contributed by atoms with van der Waals surface area (Å²) in [6.07, 6.45) is 13.1. The summed E-state index contributed by atoms with van der Waals surface area (Å²) in [6.45, 7) is 2.26. The van der Waals surface area contributed by atoms with E-state index in [4.69, 9.17) is 5.73 Å². The topological polar surface area (TPSA) is 38.9 Å². The molecule has 0 atom stereocenters. The Hall–Kier alpha value is -0.700. The molecule has 0 spiro atoms. The van der Waals surface area contributed by atoms with E-state index in [-0.39, 0.29) is 0 Å². The molecule has 1 aromatic rings. The second kappa shape index (κ2) is 9.34. The first-order valence-electron chi connectivity index (χ1n) is 6.67. The summed E-state index contributed by atoms with van der Waals surface area (Å²) in [5.41, 5.74) is 6.64. The smallest absolute Gasteiger partial charge is 0.0638 e. The first-order valence-corrected chi connectivity index (χ1v) is 7.65. The number of nitrogens with zero attached hydrogens (tertiary/aromatic N) is 1. The molecule has 0 radical (unpaired) electrons. The van der Waals surface area contributed by atoms with E-state index in [9.17, 15) is 0 Å². The Morgan fingerprint density at radius 3 is 2.53 bits per heavy atom. The third kappa shape index (κ3) is 6.57. The van der Waals surface area contributed by atoms with E-state index >= 15 is 0 Å². The Morgan fingerprint density at radius 2 is 1.82 bits per heavy atom. The van der Waals surface area contributed by atoms with Crippen molar-refractivity contribution >= 4 is 17.4 Å². The van der Waals surface area contributed by atoms with Gasteiger partial charge in [0.05, 0.1) is 11.9 Å². The third-order valence-electron chi connectivity index (χ3n) is 2.82. The van der Waals surface area contributed by atoms with Crippen LogP contribution in [0.1, 0.15) is 51.9 Å². The van der Waals surface area contributed by atoms with E-state index in [2.05, 4.69) is 11.9 Å². The average molecular weight is 252 g/mol. The molecule has 0 aromatic carbocycles. The first kappa shape index (κ1) is 14.4. The number of hydrogen-bond acceptors (Lipinski definition) is 3. The Balaban J connectivity index is 1.99. The van der Waals surface area contributed by atoms with Crippen LogP contribution >= 0.6 is 11.8 Å². The zero-order chi connectivity index (χ0) is 12.3. The highest BCUT2D eigenvalue weighted by Gasteiger charge is 1.98. The van der Waals surface area contributed by atoms with E-state index in [1.807, 2.05) is 24.0 Å². The lowest BCUT2D eigenvalue weighted by Gasteiger charge is -2.04. The SMILES string of the molecule is CCCCCCCCCSc1ccncc1N. The van der Waals surface area contributed by atoms with Crippen LogP contribution in [0.5, 0.6) is 0 Å². The number of nitrogens with two attached hydrogens (primary N) is 1. The summed E-state index contributed by atoms with van der Waals surface area (Å²) < 4.78 is 0. The van der Waals surface area contributed by atoms with Crippen molar-refractivity contribution in [3.05, 3.63) is 18.5 Å². The number of unbranched alkanes of at least 4 members (excludes halogenated alkanes) is 6. The third-order valence-corrected chi connectivity index (χ3v) is 3.99. The van der Waals surface area contributed by atoms with Crippen molar-refractivity contribution in [3.8, 4) is 0 Å². The van der Waals surface area contributed by atoms with Crippen molar-refractivity contribution in [3.63, 3.8) is 0 Å². The molecule has 3 heteroatoms. The van der Waals surface area contributed by atoms with Crippen molar-refractivity contribution in [1.82, 2.24) is 4.98 Å². The van der Waals surface area contributed by atoms with Gasteiger partial charge < -0.3 is 5.73 Å². The molecule has 1 heterocycles. The fraction of sp³-hybridized carbons (Fsp3) is 0.643. The number of thioether (sulfide) groups is 1. The molecule has 2 N–H and O–H groups in total. The van der Waals surface area contributed by atoms with Crippen molar-refractivity contribution < 1.29 is 0 Å². The highest BCUT2D eigenvalue weighted by molar-refractivity contribution is 7.99. The summed E-state index contributed by atoms with van der Waals surface area (Å²) >= 11 is 1.85. The van der Waals surface area contributed by atoms with Crippen LogP contribution in [-0.2, 0) is 0 Å². The van der Waals surface area contributed by atoms with Gasteiger partial charge in [-0.3, -0.25) is 4.98 Å². The lowest BCUT2D eigenvalue weighted by molar-refractivity contribution is 0.603. The van der Waals surface area contributed by atoms with Crippen LogP contribution in [0.2, 0.25) is 0 Å². The largest absolute Gasteiger partial charge is 0.397 e. The molecular weight excluding hydrogens is 228 g/mol. The predicted octanol–water partition coefficient (Wildman–Crippen LogP) is 4.51. The minimum atomic E-state index is 0.806. The minimum absolute atomic E-state index is 0.806. The Kier molecular flexibility index (Phi) is 7.89. The summed E-state index contributed by atoms with van der Waals surface area (Å²) in [5, 5.41) is 0. The summed E-state index contributed by atoms with van der Waals surface area (Å²) in [5.74, 6) is 1.17. The van der Waals surface area contributed by atoms with E-state index in [1.165, 1.54) is 55.6 Å². The van der Waals surface area contributed by atoms with Gasteiger partial charge in [-0.2, -0.15) is 0 Å². The van der Waals surface area contributed by atoms with Crippen molar-refractivity contribution in [2.75, 3.05) is 11.5 Å². The number of hydrogen-bond donors (Lipinski definition) is 1. The van der Waals surface area contributed by atoms with Crippen LogP contribution in [0.15, 0.2) is 23.4 Å². The maximum Gasteiger partial charge on any atom is 0.0638 e. The fourth-order valence-electron chi connectivity index (χ4n) is 1.77. The second-order valence-corrected chi connectivity index (χ2v) is 5.52. The zero-order valence-electron chi connectivity index (χ0n) is 10.8. The van der Waals surface area contributed by atoms with Crippen molar-refractivity contribution in [2.45, 2.75) is 56.8 Å². The Morgan fingerprint density at radius 1 is 1.12 bits per heavy atom. The lowest BCUT2D eigenvalue weighted by Crippen LogP contribution is -1.90. The highest BCUT2D eigenvalue weighted by Crippen LogP contribution is 2.24. The Labute approximate surface area is 109 Å². The quantitative estimate of drug-likeness (QED) is 0.519. The molecule has 0 aliphatic carbocycles. The molecule has 0 amide bonds. The molecule has 0 aliphatic rings. The van der Waals surface area contributed by atoms with Crippen LogP contribution < -0.4 is 5.73 Å². The highest BCUT2D eigenvalue weighted by atomic mass is 32.2. The molecular formula is C14H24N2S. The molecule has 0 saturated heterocycles. The first-order chi connectivity index (χ1) is 8.34. The molecule has 0 bridgehead atoms. The summed E-state index contributed by atoms with van der Waals surface area (Å²) in [4.78, 5) is 5.16. The zero-order valence-corrected chi connectivity index (χ0v) is 11.6. The van der Waals surface area contributed by atoms with Gasteiger partial charge in [0.2, 0.25) is 0 Å². The number of anilines is 1. The van der Waals surface area contributed by atoms with Crippen LogP contribution in [0, 0.1) is 0 Å². The molecule has 1 aromatic heterocycles. The van der Waals surface area contributed by atoms with Gasteiger partial charge in [0, 0.05) is 11.1 Å². The molecule has 0 unspecified atom stereocenters. The normalized spacial score (nSPS) is 10.6.